The predicted octanol–water partition coefficient (Wildman–Crippen LogP) is 2.27. The summed E-state index contributed by atoms with van der Waals surface area (Å²) >= 11 is 0. The molecule has 0 aliphatic carbocycles. The largest absolute Gasteiger partial charge is 0.398 e. The highest BCUT2D eigenvalue weighted by Gasteiger charge is 2.14. The van der Waals surface area contributed by atoms with Gasteiger partial charge in [0.2, 0.25) is 0 Å². The normalized spacial score (nSPS) is 14.8. The lowest BCUT2D eigenvalue weighted by Gasteiger charge is -2.26. The molecule has 0 bridgehead atoms. The minimum atomic E-state index is 0.0623. The number of nitrogens with one attached hydrogen (secondary N) is 2. The zero-order valence-electron chi connectivity index (χ0n) is 16.1. The first-order chi connectivity index (χ1) is 13.6. The van der Waals surface area contributed by atoms with E-state index < -0.39 is 0 Å². The highest BCUT2D eigenvalue weighted by Crippen LogP contribution is 2.17. The van der Waals surface area contributed by atoms with Gasteiger partial charge in [-0.2, -0.15) is 0 Å². The number of anilines is 1. The number of nitrogens with zero attached hydrogens (tertiary/aromatic N) is 1. The van der Waals surface area contributed by atoms with Gasteiger partial charge in [0.15, 0.2) is 0 Å². The van der Waals surface area contributed by atoms with Crippen molar-refractivity contribution in [3.8, 4) is 0 Å². The molecule has 148 valence electrons. The quantitative estimate of drug-likeness (QED) is 0.416. The maximum absolute atomic E-state index is 9.04. The topological polar surface area (TPSA) is 106 Å². The summed E-state index contributed by atoms with van der Waals surface area (Å²) in [5.74, 6) is 0. The third-order valence-corrected chi connectivity index (χ3v) is 4.97. The molecule has 0 amide bonds. The summed E-state index contributed by atoms with van der Waals surface area (Å²) in [6, 6.07) is 13.6. The van der Waals surface area contributed by atoms with Crippen molar-refractivity contribution in [1.29, 1.82) is 10.8 Å². The third kappa shape index (κ3) is 5.25. The molecule has 6 nitrogen and oxygen atoms in total. The van der Waals surface area contributed by atoms with E-state index >= 15 is 0 Å². The van der Waals surface area contributed by atoms with Crippen LogP contribution in [0.15, 0.2) is 42.5 Å². The van der Waals surface area contributed by atoms with Crippen molar-refractivity contribution in [1.82, 2.24) is 4.90 Å². The fourth-order valence-electron chi connectivity index (χ4n) is 3.43. The third-order valence-electron chi connectivity index (χ3n) is 4.97. The highest BCUT2D eigenvalue weighted by molar-refractivity contribution is 6.47. The molecule has 0 unspecified atom stereocenters. The summed E-state index contributed by atoms with van der Waals surface area (Å²) in [6.45, 7) is 4.38. The lowest BCUT2D eigenvalue weighted by Crippen LogP contribution is -2.35. The average Bonchev–Trinajstić information content (AvgIpc) is 2.69. The number of hydrogen-bond donors (Lipinski definition) is 4. The molecule has 0 spiro atoms. The molecule has 1 fully saturated rings. The van der Waals surface area contributed by atoms with Crippen molar-refractivity contribution in [3.63, 3.8) is 0 Å². The van der Waals surface area contributed by atoms with Gasteiger partial charge < -0.3 is 21.0 Å². The average molecular weight is 380 g/mol. The van der Waals surface area contributed by atoms with Crippen molar-refractivity contribution in [2.75, 3.05) is 38.6 Å². The smallest absolute Gasteiger partial charge is 0.0843 e. The van der Waals surface area contributed by atoms with Gasteiger partial charge in [0, 0.05) is 43.9 Å². The van der Waals surface area contributed by atoms with E-state index in [1.54, 1.807) is 12.1 Å². The van der Waals surface area contributed by atoms with Gasteiger partial charge in [-0.15, -0.1) is 0 Å². The maximum Gasteiger partial charge on any atom is 0.0843 e. The molecule has 3 rings (SSSR count). The molecule has 1 saturated heterocycles. The molecule has 1 heterocycles. The number of nitrogen functional groups attached to an aromatic ring is 1. The summed E-state index contributed by atoms with van der Waals surface area (Å²) < 4.78 is 5.40. The molecular weight excluding hydrogens is 352 g/mol. The van der Waals surface area contributed by atoms with E-state index in [1.807, 2.05) is 18.2 Å². The molecule has 1 aliphatic rings. The van der Waals surface area contributed by atoms with Crippen LogP contribution in [0.2, 0.25) is 0 Å². The fraction of sp³-hybridized carbons (Fsp3) is 0.364. The van der Waals surface area contributed by atoms with Gasteiger partial charge in [-0.05, 0) is 29.2 Å². The van der Waals surface area contributed by atoms with Crippen molar-refractivity contribution in [2.45, 2.75) is 19.4 Å². The monoisotopic (exact) mass is 380 g/mol. The van der Waals surface area contributed by atoms with Gasteiger partial charge in [-0.3, -0.25) is 10.3 Å². The summed E-state index contributed by atoms with van der Waals surface area (Å²) in [5.41, 5.74) is 10.7. The SMILES string of the molecule is N=C(Cc1cccc(CN2CCOCC2)c1)C(=N)c1ccc(CCO)cc1N. The van der Waals surface area contributed by atoms with Crippen LogP contribution >= 0.6 is 0 Å². The van der Waals surface area contributed by atoms with Crippen LogP contribution in [0.1, 0.15) is 22.3 Å². The Morgan fingerprint density at radius 1 is 1.04 bits per heavy atom. The van der Waals surface area contributed by atoms with E-state index in [0.717, 1.165) is 44.0 Å². The number of aliphatic hydroxyl groups is 1. The Bertz CT molecular complexity index is 844. The second kappa shape index (κ2) is 9.59. The van der Waals surface area contributed by atoms with Gasteiger partial charge in [-0.1, -0.05) is 36.4 Å². The number of ether oxygens (including phenoxy) is 1. The summed E-state index contributed by atoms with van der Waals surface area (Å²) in [6.07, 6.45) is 0.929. The molecule has 2 aromatic carbocycles. The Kier molecular flexibility index (Phi) is 6.92. The van der Waals surface area contributed by atoms with Crippen LogP contribution in [0.5, 0.6) is 0 Å². The minimum Gasteiger partial charge on any atom is -0.398 e. The first kappa shape index (κ1) is 20.2. The molecule has 0 saturated carbocycles. The molecule has 0 aromatic heterocycles. The molecule has 2 aromatic rings. The van der Waals surface area contributed by atoms with E-state index in [1.165, 1.54) is 5.56 Å². The zero-order chi connectivity index (χ0) is 19.9. The van der Waals surface area contributed by atoms with E-state index in [2.05, 4.69) is 17.0 Å². The van der Waals surface area contributed by atoms with Crippen LogP contribution in [-0.2, 0) is 24.1 Å². The van der Waals surface area contributed by atoms with Crippen molar-refractivity contribution in [3.05, 3.63) is 64.7 Å². The predicted molar refractivity (Wildman–Crippen MR) is 112 cm³/mol. The summed E-state index contributed by atoms with van der Waals surface area (Å²) in [5, 5.41) is 25.8. The standard InChI is InChI=1S/C22H28N4O2/c23-20-13-16(6-9-27)4-5-19(20)22(25)21(24)14-17-2-1-3-18(12-17)15-26-7-10-28-11-8-26/h1-5,12-13,24-25,27H,6-11,14-15,23H2. The van der Waals surface area contributed by atoms with E-state index in [9.17, 15) is 0 Å². The van der Waals surface area contributed by atoms with Crippen LogP contribution < -0.4 is 5.73 Å². The van der Waals surface area contributed by atoms with Crippen LogP contribution in [0.3, 0.4) is 0 Å². The second-order valence-electron chi connectivity index (χ2n) is 7.13. The molecule has 0 atom stereocenters. The van der Waals surface area contributed by atoms with Crippen molar-refractivity contribution < 1.29 is 9.84 Å². The zero-order valence-corrected chi connectivity index (χ0v) is 16.1. The van der Waals surface area contributed by atoms with Crippen LogP contribution in [0, 0.1) is 10.8 Å². The highest BCUT2D eigenvalue weighted by atomic mass is 16.5. The van der Waals surface area contributed by atoms with Gasteiger partial charge in [-0.25, -0.2) is 0 Å². The number of rotatable bonds is 8. The maximum atomic E-state index is 9.04. The fourth-order valence-corrected chi connectivity index (χ4v) is 3.43. The Balaban J connectivity index is 1.65. The molecular formula is C22H28N4O2. The summed E-state index contributed by atoms with van der Waals surface area (Å²) in [7, 11) is 0. The van der Waals surface area contributed by atoms with E-state index in [4.69, 9.17) is 26.4 Å². The van der Waals surface area contributed by atoms with Gasteiger partial charge in [0.05, 0.1) is 24.6 Å². The molecule has 0 radical (unpaired) electrons. The number of aliphatic hydroxyl groups excluding tert-OH is 1. The van der Waals surface area contributed by atoms with Crippen LogP contribution in [-0.4, -0.2) is 54.3 Å². The summed E-state index contributed by atoms with van der Waals surface area (Å²) in [4.78, 5) is 2.37. The van der Waals surface area contributed by atoms with E-state index in [0.29, 0.717) is 24.1 Å². The van der Waals surface area contributed by atoms with Crippen LogP contribution in [0.25, 0.3) is 0 Å². The Labute approximate surface area is 166 Å². The lowest BCUT2D eigenvalue weighted by atomic mass is 9.96. The van der Waals surface area contributed by atoms with E-state index in [-0.39, 0.29) is 18.0 Å². The van der Waals surface area contributed by atoms with Crippen molar-refractivity contribution >= 4 is 17.1 Å². The first-order valence-electron chi connectivity index (χ1n) is 9.60. The van der Waals surface area contributed by atoms with Gasteiger partial charge >= 0.3 is 0 Å². The van der Waals surface area contributed by atoms with Crippen LogP contribution in [0.4, 0.5) is 5.69 Å². The number of benzene rings is 2. The molecule has 6 heteroatoms. The molecule has 28 heavy (non-hydrogen) atoms. The molecule has 5 N–H and O–H groups in total. The Morgan fingerprint density at radius 3 is 2.50 bits per heavy atom. The van der Waals surface area contributed by atoms with Gasteiger partial charge in [0.1, 0.15) is 0 Å². The van der Waals surface area contributed by atoms with Gasteiger partial charge in [0.25, 0.3) is 0 Å². The first-order valence-corrected chi connectivity index (χ1v) is 9.60. The van der Waals surface area contributed by atoms with Crippen molar-refractivity contribution in [2.24, 2.45) is 0 Å². The minimum absolute atomic E-state index is 0.0623. The number of morpholine rings is 1. The number of hydrogen-bond acceptors (Lipinski definition) is 6. The lowest BCUT2D eigenvalue weighted by molar-refractivity contribution is 0.0342. The number of nitrogens with two attached hydrogens (primary N) is 1. The Hall–Kier alpha value is -2.54. The Morgan fingerprint density at radius 2 is 1.79 bits per heavy atom. The second-order valence-corrected chi connectivity index (χ2v) is 7.13. The molecule has 1 aliphatic heterocycles.